The Bertz CT molecular complexity index is 295. The summed E-state index contributed by atoms with van der Waals surface area (Å²) in [4.78, 5) is 0. The number of rotatable bonds is 5. The minimum Gasteiger partial charge on any atom is -0.306 e. The number of hydrogen-bond acceptors (Lipinski definition) is 1. The number of alkyl halides is 3. The van der Waals surface area contributed by atoms with Crippen LogP contribution in [-0.4, -0.2) is 18.8 Å². The van der Waals surface area contributed by atoms with Gasteiger partial charge in [0.2, 0.25) is 0 Å². The van der Waals surface area contributed by atoms with Gasteiger partial charge >= 0.3 is 6.18 Å². The summed E-state index contributed by atoms with van der Waals surface area (Å²) in [6.45, 7) is 2.01. The molecule has 0 saturated heterocycles. The zero-order chi connectivity index (χ0) is 12.0. The third-order valence-electron chi connectivity index (χ3n) is 2.41. The Morgan fingerprint density at radius 2 is 1.81 bits per heavy atom. The van der Waals surface area contributed by atoms with Gasteiger partial charge in [0.15, 0.2) is 0 Å². The van der Waals surface area contributed by atoms with E-state index in [2.05, 4.69) is 5.32 Å². The third-order valence-corrected chi connectivity index (χ3v) is 2.41. The largest absolute Gasteiger partial charge is 0.403 e. The van der Waals surface area contributed by atoms with Gasteiger partial charge < -0.3 is 5.32 Å². The van der Waals surface area contributed by atoms with Crippen LogP contribution in [0.25, 0.3) is 0 Å². The van der Waals surface area contributed by atoms with Crippen LogP contribution in [-0.2, 0) is 6.42 Å². The van der Waals surface area contributed by atoms with Crippen LogP contribution in [0.5, 0.6) is 0 Å². The van der Waals surface area contributed by atoms with Crippen molar-refractivity contribution < 1.29 is 13.2 Å². The summed E-state index contributed by atoms with van der Waals surface area (Å²) in [6, 6.07) is 7.82. The van der Waals surface area contributed by atoms with Crippen molar-refractivity contribution in [3.8, 4) is 0 Å². The van der Waals surface area contributed by atoms with Crippen LogP contribution in [0.15, 0.2) is 30.3 Å². The Kier molecular flexibility index (Phi) is 4.80. The monoisotopic (exact) mass is 231 g/mol. The van der Waals surface area contributed by atoms with Crippen LogP contribution < -0.4 is 5.32 Å². The summed E-state index contributed by atoms with van der Waals surface area (Å²) in [5, 5.41) is 2.47. The number of halogens is 3. The summed E-state index contributed by atoms with van der Waals surface area (Å²) in [5.41, 5.74) is 0.939. The molecule has 0 aliphatic carbocycles. The molecule has 1 rings (SSSR count). The first-order valence-corrected chi connectivity index (χ1v) is 5.38. The molecule has 0 aliphatic heterocycles. The second-order valence-corrected chi connectivity index (χ2v) is 3.68. The van der Waals surface area contributed by atoms with E-state index in [-0.39, 0.29) is 6.42 Å². The fraction of sp³-hybridized carbons (Fsp3) is 0.500. The van der Waals surface area contributed by atoms with Crippen molar-refractivity contribution in [1.29, 1.82) is 0 Å². The maximum absolute atomic E-state index is 12.5. The van der Waals surface area contributed by atoms with Crippen molar-refractivity contribution in [2.75, 3.05) is 6.54 Å². The van der Waals surface area contributed by atoms with Crippen LogP contribution >= 0.6 is 0 Å². The first-order chi connectivity index (χ1) is 7.54. The van der Waals surface area contributed by atoms with Gasteiger partial charge in [-0.1, -0.05) is 37.3 Å². The quantitative estimate of drug-likeness (QED) is 0.820. The molecule has 0 saturated carbocycles. The fourth-order valence-electron chi connectivity index (χ4n) is 1.58. The molecule has 1 atom stereocenters. The molecule has 0 aliphatic rings. The Morgan fingerprint density at radius 1 is 1.19 bits per heavy atom. The van der Waals surface area contributed by atoms with Crippen molar-refractivity contribution in [1.82, 2.24) is 5.32 Å². The Morgan fingerprint density at radius 3 is 2.31 bits per heavy atom. The summed E-state index contributed by atoms with van der Waals surface area (Å²) in [6.07, 6.45) is -3.63. The number of aryl methyl sites for hydroxylation is 1. The van der Waals surface area contributed by atoms with Crippen molar-refractivity contribution >= 4 is 0 Å². The topological polar surface area (TPSA) is 12.0 Å². The van der Waals surface area contributed by atoms with Crippen molar-refractivity contribution in [3.05, 3.63) is 35.9 Å². The van der Waals surface area contributed by atoms with E-state index >= 15 is 0 Å². The average molecular weight is 231 g/mol. The van der Waals surface area contributed by atoms with Gasteiger partial charge in [-0.2, -0.15) is 13.2 Å². The number of nitrogens with one attached hydrogen (secondary N) is 1. The average Bonchev–Trinajstić information content (AvgIpc) is 2.24. The van der Waals surface area contributed by atoms with E-state index in [0.29, 0.717) is 13.0 Å². The molecular weight excluding hydrogens is 215 g/mol. The second-order valence-electron chi connectivity index (χ2n) is 3.68. The lowest BCUT2D eigenvalue weighted by Crippen LogP contribution is -2.42. The van der Waals surface area contributed by atoms with Gasteiger partial charge in [0, 0.05) is 0 Å². The molecule has 16 heavy (non-hydrogen) atoms. The first kappa shape index (κ1) is 13.0. The summed E-state index contributed by atoms with van der Waals surface area (Å²) >= 11 is 0. The lowest BCUT2D eigenvalue weighted by molar-refractivity contribution is -0.156. The van der Waals surface area contributed by atoms with Crippen LogP contribution in [0, 0.1) is 0 Å². The Hall–Kier alpha value is -1.03. The molecule has 1 aromatic rings. The molecule has 90 valence electrons. The van der Waals surface area contributed by atoms with Crippen LogP contribution in [0.1, 0.15) is 18.9 Å². The van der Waals surface area contributed by atoms with E-state index in [1.807, 2.05) is 30.3 Å². The van der Waals surface area contributed by atoms with E-state index in [9.17, 15) is 13.2 Å². The second kappa shape index (κ2) is 5.89. The smallest absolute Gasteiger partial charge is 0.306 e. The van der Waals surface area contributed by atoms with Gasteiger partial charge in [0.1, 0.15) is 6.04 Å². The summed E-state index contributed by atoms with van der Waals surface area (Å²) in [5.74, 6) is 0. The first-order valence-electron chi connectivity index (χ1n) is 5.38. The molecular formula is C12H16F3N. The zero-order valence-corrected chi connectivity index (χ0v) is 9.22. The van der Waals surface area contributed by atoms with E-state index in [4.69, 9.17) is 0 Å². The summed E-state index contributed by atoms with van der Waals surface area (Å²) in [7, 11) is 0. The van der Waals surface area contributed by atoms with E-state index in [1.54, 1.807) is 6.92 Å². The minimum absolute atomic E-state index is 0.0847. The third kappa shape index (κ3) is 4.23. The number of hydrogen-bond donors (Lipinski definition) is 1. The Labute approximate surface area is 93.7 Å². The van der Waals surface area contributed by atoms with Gasteiger partial charge in [0.25, 0.3) is 0 Å². The molecule has 1 nitrogen and oxygen atoms in total. The van der Waals surface area contributed by atoms with Crippen molar-refractivity contribution in [2.45, 2.75) is 32.0 Å². The Balaban J connectivity index is 2.51. The highest BCUT2D eigenvalue weighted by Gasteiger charge is 2.38. The summed E-state index contributed by atoms with van der Waals surface area (Å²) < 4.78 is 37.6. The highest BCUT2D eigenvalue weighted by Crippen LogP contribution is 2.23. The molecule has 1 aromatic carbocycles. The molecule has 1 N–H and O–H groups in total. The van der Waals surface area contributed by atoms with E-state index in [0.717, 1.165) is 5.56 Å². The molecule has 0 heterocycles. The van der Waals surface area contributed by atoms with Gasteiger partial charge in [-0.15, -0.1) is 0 Å². The lowest BCUT2D eigenvalue weighted by Gasteiger charge is -2.20. The normalized spacial score (nSPS) is 13.8. The van der Waals surface area contributed by atoms with Gasteiger partial charge in [-0.25, -0.2) is 0 Å². The van der Waals surface area contributed by atoms with Gasteiger partial charge in [-0.3, -0.25) is 0 Å². The highest BCUT2D eigenvalue weighted by atomic mass is 19.4. The van der Waals surface area contributed by atoms with Crippen LogP contribution in [0.2, 0.25) is 0 Å². The maximum atomic E-state index is 12.5. The lowest BCUT2D eigenvalue weighted by atomic mass is 10.1. The molecule has 4 heteroatoms. The molecule has 0 amide bonds. The van der Waals surface area contributed by atoms with Crippen molar-refractivity contribution in [3.63, 3.8) is 0 Å². The highest BCUT2D eigenvalue weighted by molar-refractivity contribution is 5.14. The zero-order valence-electron chi connectivity index (χ0n) is 9.22. The predicted octanol–water partition coefficient (Wildman–Crippen LogP) is 3.16. The SMILES string of the molecule is CCN[C@@H](CCc1ccccc1)C(F)(F)F. The van der Waals surface area contributed by atoms with Gasteiger partial charge in [0.05, 0.1) is 0 Å². The molecule has 0 spiro atoms. The molecule has 0 aromatic heterocycles. The van der Waals surface area contributed by atoms with Crippen molar-refractivity contribution in [2.24, 2.45) is 0 Å². The molecule has 0 unspecified atom stereocenters. The van der Waals surface area contributed by atoms with E-state index < -0.39 is 12.2 Å². The van der Waals surface area contributed by atoms with E-state index in [1.165, 1.54) is 0 Å². The molecule has 0 fully saturated rings. The standard InChI is InChI=1S/C12H16F3N/c1-2-16-11(12(13,14)15)9-8-10-6-4-3-5-7-10/h3-7,11,16H,2,8-9H2,1H3/t11-/m0/s1. The van der Waals surface area contributed by atoms with Crippen LogP contribution in [0.4, 0.5) is 13.2 Å². The number of benzene rings is 1. The minimum atomic E-state index is -4.16. The molecule has 0 bridgehead atoms. The predicted molar refractivity (Wildman–Crippen MR) is 58.3 cm³/mol. The van der Waals surface area contributed by atoms with Gasteiger partial charge in [-0.05, 0) is 24.9 Å². The molecule has 0 radical (unpaired) electrons. The van der Waals surface area contributed by atoms with Crippen LogP contribution in [0.3, 0.4) is 0 Å². The fourth-order valence-corrected chi connectivity index (χ4v) is 1.58. The maximum Gasteiger partial charge on any atom is 0.403 e.